The molecule has 0 N–H and O–H groups in total. The van der Waals surface area contributed by atoms with Crippen LogP contribution in [-0.2, 0) is 0 Å². The molecule has 0 amide bonds. The molecule has 0 spiro atoms. The summed E-state index contributed by atoms with van der Waals surface area (Å²) in [6.07, 6.45) is 9.56. The van der Waals surface area contributed by atoms with Crippen molar-refractivity contribution in [2.75, 3.05) is 6.61 Å². The SMILES string of the molecule is C=C=C1N=Cc2cc(OCCCCCCCC)ccc21. The van der Waals surface area contributed by atoms with E-state index in [9.17, 15) is 0 Å². The predicted molar refractivity (Wildman–Crippen MR) is 85.5 cm³/mol. The number of fused-ring (bicyclic) bond motifs is 1. The van der Waals surface area contributed by atoms with Crippen molar-refractivity contribution in [2.24, 2.45) is 4.99 Å². The molecule has 2 nitrogen and oxygen atoms in total. The van der Waals surface area contributed by atoms with E-state index in [0.717, 1.165) is 35.6 Å². The fraction of sp³-hybridized carbons (Fsp3) is 0.444. The number of hydrogen-bond acceptors (Lipinski definition) is 2. The van der Waals surface area contributed by atoms with Crippen LogP contribution in [0, 0.1) is 0 Å². The molecule has 0 atom stereocenters. The zero-order valence-corrected chi connectivity index (χ0v) is 12.3. The van der Waals surface area contributed by atoms with Gasteiger partial charge in [-0.1, -0.05) is 45.6 Å². The summed E-state index contributed by atoms with van der Waals surface area (Å²) >= 11 is 0. The average Bonchev–Trinajstić information content (AvgIpc) is 2.88. The van der Waals surface area contributed by atoms with Crippen LogP contribution in [0.2, 0.25) is 0 Å². The summed E-state index contributed by atoms with van der Waals surface area (Å²) < 4.78 is 5.80. The summed E-state index contributed by atoms with van der Waals surface area (Å²) in [5.74, 6) is 0.925. The molecule has 2 rings (SSSR count). The van der Waals surface area contributed by atoms with E-state index in [2.05, 4.69) is 24.2 Å². The topological polar surface area (TPSA) is 21.6 Å². The first-order chi connectivity index (χ1) is 9.85. The summed E-state index contributed by atoms with van der Waals surface area (Å²) in [4.78, 5) is 4.26. The molecule has 0 aliphatic carbocycles. The molecule has 0 radical (unpaired) electrons. The lowest BCUT2D eigenvalue weighted by Gasteiger charge is -2.07. The Balaban J connectivity index is 1.75. The van der Waals surface area contributed by atoms with Gasteiger partial charge in [-0.2, -0.15) is 0 Å². The first-order valence-electron chi connectivity index (χ1n) is 7.56. The minimum absolute atomic E-state index is 0.798. The number of aliphatic imine (C=N–C) groups is 1. The molecular formula is C18H23NO. The minimum Gasteiger partial charge on any atom is -0.494 e. The summed E-state index contributed by atoms with van der Waals surface area (Å²) in [5.41, 5.74) is 5.85. The van der Waals surface area contributed by atoms with Crippen LogP contribution in [0.1, 0.15) is 56.6 Å². The van der Waals surface area contributed by atoms with Gasteiger partial charge in [-0.15, -0.1) is 5.73 Å². The van der Waals surface area contributed by atoms with Gasteiger partial charge in [0.15, 0.2) is 0 Å². The molecule has 0 bridgehead atoms. The van der Waals surface area contributed by atoms with E-state index in [0.29, 0.717) is 0 Å². The van der Waals surface area contributed by atoms with Gasteiger partial charge in [0, 0.05) is 17.3 Å². The molecule has 1 aliphatic heterocycles. The van der Waals surface area contributed by atoms with Crippen molar-refractivity contribution in [3.8, 4) is 5.75 Å². The highest BCUT2D eigenvalue weighted by molar-refractivity contribution is 5.97. The van der Waals surface area contributed by atoms with E-state index in [1.807, 2.05) is 24.4 Å². The Kier molecular flexibility index (Phi) is 5.64. The van der Waals surface area contributed by atoms with Crippen LogP contribution in [0.3, 0.4) is 0 Å². The van der Waals surface area contributed by atoms with Gasteiger partial charge in [-0.3, -0.25) is 0 Å². The number of nitrogens with zero attached hydrogens (tertiary/aromatic N) is 1. The van der Waals surface area contributed by atoms with Gasteiger partial charge in [0.05, 0.1) is 6.61 Å². The average molecular weight is 269 g/mol. The standard InChI is InChI=1S/C18H23NO/c1-3-5-6-7-8-9-12-20-16-10-11-17-15(13-16)14-19-18(17)4-2/h10-11,13-14H,2-3,5-9,12H2,1H3. The molecule has 1 heterocycles. The van der Waals surface area contributed by atoms with Gasteiger partial charge in [-0.05, 0) is 24.6 Å². The van der Waals surface area contributed by atoms with Crippen molar-refractivity contribution in [3.05, 3.63) is 41.6 Å². The lowest BCUT2D eigenvalue weighted by molar-refractivity contribution is 0.304. The van der Waals surface area contributed by atoms with Crippen molar-refractivity contribution < 1.29 is 4.74 Å². The van der Waals surface area contributed by atoms with Crippen LogP contribution in [0.4, 0.5) is 0 Å². The molecule has 0 aromatic heterocycles. The Morgan fingerprint density at radius 1 is 1.15 bits per heavy atom. The summed E-state index contributed by atoms with van der Waals surface area (Å²) in [6, 6.07) is 6.08. The third-order valence-corrected chi connectivity index (χ3v) is 3.54. The smallest absolute Gasteiger partial charge is 0.119 e. The van der Waals surface area contributed by atoms with Gasteiger partial charge >= 0.3 is 0 Å². The zero-order chi connectivity index (χ0) is 14.2. The van der Waals surface area contributed by atoms with E-state index in [-0.39, 0.29) is 0 Å². The maximum atomic E-state index is 5.80. The van der Waals surface area contributed by atoms with E-state index in [1.165, 1.54) is 32.1 Å². The Morgan fingerprint density at radius 2 is 1.95 bits per heavy atom. The highest BCUT2D eigenvalue weighted by Gasteiger charge is 2.12. The molecule has 0 saturated carbocycles. The molecule has 0 unspecified atom stereocenters. The van der Waals surface area contributed by atoms with Crippen molar-refractivity contribution in [1.82, 2.24) is 0 Å². The first kappa shape index (κ1) is 14.6. The highest BCUT2D eigenvalue weighted by Crippen LogP contribution is 2.27. The van der Waals surface area contributed by atoms with Gasteiger partial charge in [-0.25, -0.2) is 4.99 Å². The Hall–Kier alpha value is -1.79. The molecule has 0 fully saturated rings. The maximum Gasteiger partial charge on any atom is 0.119 e. The van der Waals surface area contributed by atoms with E-state index in [1.54, 1.807) is 0 Å². The predicted octanol–water partition coefficient (Wildman–Crippen LogP) is 4.98. The van der Waals surface area contributed by atoms with Crippen LogP contribution < -0.4 is 4.74 Å². The lowest BCUT2D eigenvalue weighted by Crippen LogP contribution is -1.98. The van der Waals surface area contributed by atoms with E-state index in [4.69, 9.17) is 4.74 Å². The van der Waals surface area contributed by atoms with Crippen molar-refractivity contribution in [1.29, 1.82) is 0 Å². The fourth-order valence-electron chi connectivity index (χ4n) is 2.37. The number of unbranched alkanes of at least 4 members (excludes halogenated alkanes) is 5. The summed E-state index contributed by atoms with van der Waals surface area (Å²) in [5, 5.41) is 0. The van der Waals surface area contributed by atoms with Crippen LogP contribution in [0.25, 0.3) is 5.70 Å². The molecule has 1 aromatic carbocycles. The molecular weight excluding hydrogens is 246 g/mol. The monoisotopic (exact) mass is 269 g/mol. The third kappa shape index (κ3) is 3.85. The largest absolute Gasteiger partial charge is 0.494 e. The van der Waals surface area contributed by atoms with Gasteiger partial charge in [0.25, 0.3) is 0 Å². The Morgan fingerprint density at radius 3 is 2.75 bits per heavy atom. The highest BCUT2D eigenvalue weighted by atomic mass is 16.5. The Bertz CT molecular complexity index is 524. The van der Waals surface area contributed by atoms with E-state index >= 15 is 0 Å². The first-order valence-corrected chi connectivity index (χ1v) is 7.56. The minimum atomic E-state index is 0.798. The van der Waals surface area contributed by atoms with Gasteiger partial charge < -0.3 is 4.74 Å². The quantitative estimate of drug-likeness (QED) is 0.481. The molecule has 20 heavy (non-hydrogen) atoms. The third-order valence-electron chi connectivity index (χ3n) is 3.54. The molecule has 1 aromatic rings. The molecule has 0 saturated heterocycles. The fourth-order valence-corrected chi connectivity index (χ4v) is 2.37. The van der Waals surface area contributed by atoms with Crippen LogP contribution in [0.15, 0.2) is 35.5 Å². The Labute approximate surface area is 121 Å². The van der Waals surface area contributed by atoms with Crippen LogP contribution in [-0.4, -0.2) is 12.8 Å². The number of benzene rings is 1. The van der Waals surface area contributed by atoms with Gasteiger partial charge in [0.1, 0.15) is 11.4 Å². The van der Waals surface area contributed by atoms with Crippen LogP contribution >= 0.6 is 0 Å². The zero-order valence-electron chi connectivity index (χ0n) is 12.3. The lowest BCUT2D eigenvalue weighted by atomic mass is 10.1. The summed E-state index contributed by atoms with van der Waals surface area (Å²) in [6.45, 7) is 6.69. The van der Waals surface area contributed by atoms with Crippen LogP contribution in [0.5, 0.6) is 5.75 Å². The molecule has 106 valence electrons. The second kappa shape index (κ2) is 7.72. The summed E-state index contributed by atoms with van der Waals surface area (Å²) in [7, 11) is 0. The normalized spacial score (nSPS) is 12.3. The van der Waals surface area contributed by atoms with Crippen molar-refractivity contribution in [3.63, 3.8) is 0 Å². The van der Waals surface area contributed by atoms with Crippen molar-refractivity contribution >= 4 is 11.9 Å². The van der Waals surface area contributed by atoms with Gasteiger partial charge in [0.2, 0.25) is 0 Å². The molecule has 2 heteroatoms. The molecule has 1 aliphatic rings. The number of ether oxygens (including phenoxy) is 1. The number of hydrogen-bond donors (Lipinski definition) is 0. The maximum absolute atomic E-state index is 5.80. The second-order valence-electron chi connectivity index (χ2n) is 5.15. The number of rotatable bonds is 8. The van der Waals surface area contributed by atoms with Crippen molar-refractivity contribution in [2.45, 2.75) is 45.4 Å². The second-order valence-corrected chi connectivity index (χ2v) is 5.15. The van der Waals surface area contributed by atoms with E-state index < -0.39 is 0 Å².